The van der Waals surface area contributed by atoms with Crippen molar-refractivity contribution in [1.29, 1.82) is 0 Å². The summed E-state index contributed by atoms with van der Waals surface area (Å²) in [5.74, 6) is -0.427. The number of hydrogen-bond acceptors (Lipinski definition) is 6. The molecule has 0 bridgehead atoms. The second-order valence-corrected chi connectivity index (χ2v) is 9.64. The van der Waals surface area contributed by atoms with E-state index in [9.17, 15) is 18.0 Å². The van der Waals surface area contributed by atoms with Crippen molar-refractivity contribution in [3.05, 3.63) is 66.6 Å². The molecule has 0 N–H and O–H groups in total. The fraction of sp³-hybridized carbons (Fsp3) is 0.273. The number of benzene rings is 1. The van der Waals surface area contributed by atoms with Crippen molar-refractivity contribution in [1.82, 2.24) is 24.8 Å². The van der Waals surface area contributed by atoms with Crippen molar-refractivity contribution in [3.63, 3.8) is 0 Å². The molecule has 0 radical (unpaired) electrons. The average molecular weight is 454 g/mol. The van der Waals surface area contributed by atoms with Gasteiger partial charge in [-0.1, -0.05) is 12.1 Å². The predicted molar refractivity (Wildman–Crippen MR) is 117 cm³/mol. The van der Waals surface area contributed by atoms with Gasteiger partial charge in [0.2, 0.25) is 5.91 Å². The topological polar surface area (TPSA) is 105 Å². The van der Waals surface area contributed by atoms with E-state index in [1.54, 1.807) is 35.4 Å². The van der Waals surface area contributed by atoms with E-state index in [2.05, 4.69) is 10.1 Å². The zero-order valence-electron chi connectivity index (χ0n) is 17.6. The quantitative estimate of drug-likeness (QED) is 0.561. The lowest BCUT2D eigenvalue weighted by molar-refractivity contribution is -0.158. The molecule has 3 heterocycles. The largest absolute Gasteiger partial charge is 0.273 e. The fourth-order valence-electron chi connectivity index (χ4n) is 3.59. The molecule has 1 fully saturated rings. The molecule has 9 nitrogen and oxygen atoms in total. The van der Waals surface area contributed by atoms with Gasteiger partial charge in [0.05, 0.1) is 17.0 Å². The summed E-state index contributed by atoms with van der Waals surface area (Å²) < 4.78 is 24.7. The highest BCUT2D eigenvalue weighted by Crippen LogP contribution is 2.17. The highest BCUT2D eigenvalue weighted by molar-refractivity contribution is 7.90. The molecular weight excluding hydrogens is 430 g/mol. The summed E-state index contributed by atoms with van der Waals surface area (Å²) in [5.41, 5.74) is 2.27. The van der Waals surface area contributed by atoms with Crippen LogP contribution in [0.3, 0.4) is 0 Å². The van der Waals surface area contributed by atoms with Crippen LogP contribution in [0.1, 0.15) is 12.0 Å². The first kappa shape index (κ1) is 21.7. The molecule has 1 saturated heterocycles. The average Bonchev–Trinajstić information content (AvgIpc) is 3.44. The van der Waals surface area contributed by atoms with Crippen LogP contribution in [0.4, 0.5) is 0 Å². The number of hydrazine groups is 1. The van der Waals surface area contributed by atoms with Crippen LogP contribution in [0.25, 0.3) is 11.3 Å². The molecule has 0 aliphatic carbocycles. The highest BCUT2D eigenvalue weighted by atomic mass is 32.2. The maximum atomic E-state index is 12.9. The van der Waals surface area contributed by atoms with Gasteiger partial charge in [0.1, 0.15) is 6.54 Å². The number of nitrogens with zero attached hydrogens (tertiary/aromatic N) is 5. The van der Waals surface area contributed by atoms with Gasteiger partial charge in [0.15, 0.2) is 9.84 Å². The molecule has 2 aromatic heterocycles. The van der Waals surface area contributed by atoms with Crippen molar-refractivity contribution in [2.24, 2.45) is 0 Å². The second kappa shape index (κ2) is 8.91. The van der Waals surface area contributed by atoms with E-state index in [4.69, 9.17) is 0 Å². The summed E-state index contributed by atoms with van der Waals surface area (Å²) in [6.07, 6.45) is 7.04. The van der Waals surface area contributed by atoms with E-state index >= 15 is 0 Å². The normalized spacial score (nSPS) is 14.0. The van der Waals surface area contributed by atoms with E-state index in [-0.39, 0.29) is 29.7 Å². The summed E-state index contributed by atoms with van der Waals surface area (Å²) >= 11 is 0. The molecule has 10 heteroatoms. The standard InChI is InChI=1S/C22H23N5O4S/c1-32(30,31)19-7-5-17(6-8-19)14-21(28)26-11-3-12-27(26)22(29)16-25-13-9-20(24-25)18-4-2-10-23-15-18/h2,4-10,13,15H,3,11-12,14,16H2,1H3. The van der Waals surface area contributed by atoms with Gasteiger partial charge in [-0.25, -0.2) is 13.4 Å². The molecule has 3 aromatic rings. The zero-order valence-corrected chi connectivity index (χ0v) is 18.4. The summed E-state index contributed by atoms with van der Waals surface area (Å²) in [4.78, 5) is 30.0. The first-order valence-corrected chi connectivity index (χ1v) is 12.0. The Labute approximate surface area is 186 Å². The maximum absolute atomic E-state index is 12.9. The van der Waals surface area contributed by atoms with Crippen LogP contribution in [0.2, 0.25) is 0 Å². The Kier molecular flexibility index (Phi) is 6.04. The minimum absolute atomic E-state index is 0.0209. The lowest BCUT2D eigenvalue weighted by atomic mass is 10.1. The molecule has 1 aromatic carbocycles. The van der Waals surface area contributed by atoms with Crippen LogP contribution < -0.4 is 0 Å². The summed E-state index contributed by atoms with van der Waals surface area (Å²) in [6.45, 7) is 0.952. The molecule has 32 heavy (non-hydrogen) atoms. The minimum atomic E-state index is -3.29. The van der Waals surface area contributed by atoms with Crippen LogP contribution in [0.5, 0.6) is 0 Å². The molecule has 4 rings (SSSR count). The van der Waals surface area contributed by atoms with Crippen molar-refractivity contribution in [3.8, 4) is 11.3 Å². The third-order valence-electron chi connectivity index (χ3n) is 5.21. The van der Waals surface area contributed by atoms with Crippen molar-refractivity contribution >= 4 is 21.7 Å². The van der Waals surface area contributed by atoms with Crippen LogP contribution in [0, 0.1) is 0 Å². The third-order valence-corrected chi connectivity index (χ3v) is 6.34. The Balaban J connectivity index is 1.40. The van der Waals surface area contributed by atoms with Crippen molar-refractivity contribution in [2.45, 2.75) is 24.3 Å². The van der Waals surface area contributed by atoms with Gasteiger partial charge >= 0.3 is 0 Å². The summed E-state index contributed by atoms with van der Waals surface area (Å²) in [6, 6.07) is 11.8. The number of carbonyl (C=O) groups is 2. The van der Waals surface area contributed by atoms with E-state index in [0.717, 1.165) is 17.5 Å². The van der Waals surface area contributed by atoms with E-state index < -0.39 is 9.84 Å². The zero-order chi connectivity index (χ0) is 22.7. The van der Waals surface area contributed by atoms with Gasteiger partial charge in [-0.2, -0.15) is 5.10 Å². The number of hydrogen-bond donors (Lipinski definition) is 0. The van der Waals surface area contributed by atoms with Crippen LogP contribution in [-0.2, 0) is 32.4 Å². The van der Waals surface area contributed by atoms with Crippen LogP contribution >= 0.6 is 0 Å². The minimum Gasteiger partial charge on any atom is -0.273 e. The molecule has 1 aliphatic heterocycles. The number of pyridine rings is 1. The van der Waals surface area contributed by atoms with Crippen LogP contribution in [-0.4, -0.2) is 64.4 Å². The second-order valence-electron chi connectivity index (χ2n) is 7.62. The first-order chi connectivity index (χ1) is 15.3. The van der Waals surface area contributed by atoms with Gasteiger partial charge < -0.3 is 0 Å². The Morgan fingerprint density at radius 3 is 2.38 bits per heavy atom. The molecule has 2 amide bonds. The van der Waals surface area contributed by atoms with Crippen LogP contribution in [0.15, 0.2) is 66.0 Å². The number of carbonyl (C=O) groups excluding carboxylic acids is 2. The highest BCUT2D eigenvalue weighted by Gasteiger charge is 2.30. The van der Waals surface area contributed by atoms with Gasteiger partial charge in [-0.3, -0.25) is 24.3 Å². The third kappa shape index (κ3) is 4.86. The van der Waals surface area contributed by atoms with E-state index in [1.807, 2.05) is 18.2 Å². The van der Waals surface area contributed by atoms with Crippen molar-refractivity contribution in [2.75, 3.05) is 19.3 Å². The molecular formula is C22H23N5O4S. The number of rotatable bonds is 6. The Morgan fingerprint density at radius 1 is 1.00 bits per heavy atom. The molecule has 0 saturated carbocycles. The van der Waals surface area contributed by atoms with Crippen molar-refractivity contribution < 1.29 is 18.0 Å². The Morgan fingerprint density at radius 2 is 1.72 bits per heavy atom. The smallest absolute Gasteiger partial charge is 0.262 e. The van der Waals surface area contributed by atoms with Gasteiger partial charge in [0, 0.05) is 43.5 Å². The maximum Gasteiger partial charge on any atom is 0.262 e. The summed E-state index contributed by atoms with van der Waals surface area (Å²) in [5, 5.41) is 7.38. The number of amides is 2. The van der Waals surface area contributed by atoms with Gasteiger partial charge in [0.25, 0.3) is 5.91 Å². The molecule has 166 valence electrons. The predicted octanol–water partition coefficient (Wildman–Crippen LogP) is 1.57. The lowest BCUT2D eigenvalue weighted by Gasteiger charge is -2.28. The number of sulfone groups is 1. The Hall–Kier alpha value is -3.53. The van der Waals surface area contributed by atoms with Gasteiger partial charge in [-0.05, 0) is 42.3 Å². The van der Waals surface area contributed by atoms with Gasteiger partial charge in [-0.15, -0.1) is 0 Å². The molecule has 1 aliphatic rings. The Bertz CT molecular complexity index is 1220. The van der Waals surface area contributed by atoms with E-state index in [1.165, 1.54) is 22.2 Å². The summed E-state index contributed by atoms with van der Waals surface area (Å²) in [7, 11) is -3.29. The molecule has 0 unspecified atom stereocenters. The first-order valence-electron chi connectivity index (χ1n) is 10.1. The molecule has 0 spiro atoms. The SMILES string of the molecule is CS(=O)(=O)c1ccc(CC(=O)N2CCCN2C(=O)Cn2ccc(-c3cccnc3)n2)cc1. The monoisotopic (exact) mass is 453 g/mol. The molecule has 0 atom stereocenters. The van der Waals surface area contributed by atoms with E-state index in [0.29, 0.717) is 25.1 Å². The lowest BCUT2D eigenvalue weighted by Crippen LogP contribution is -2.46. The fourth-order valence-corrected chi connectivity index (χ4v) is 4.22. The number of aromatic nitrogens is 3.